The van der Waals surface area contributed by atoms with Crippen molar-refractivity contribution in [1.29, 1.82) is 0 Å². The fourth-order valence-electron chi connectivity index (χ4n) is 6.48. The van der Waals surface area contributed by atoms with E-state index in [-0.39, 0.29) is 32.6 Å². The van der Waals surface area contributed by atoms with Gasteiger partial charge in [0.2, 0.25) is 0 Å². The van der Waals surface area contributed by atoms with Crippen LogP contribution in [-0.4, -0.2) is 49.3 Å². The molecule has 3 N–H and O–H groups in total. The molecule has 0 aliphatic rings. The van der Waals surface area contributed by atoms with Gasteiger partial charge in [0.1, 0.15) is 6.61 Å². The highest BCUT2D eigenvalue weighted by Crippen LogP contribution is 2.43. The zero-order valence-corrected chi connectivity index (χ0v) is 41.8. The molecule has 0 radical (unpaired) electrons. The van der Waals surface area contributed by atoms with Gasteiger partial charge in [0, 0.05) is 19.4 Å². The first-order valence-corrected chi connectivity index (χ1v) is 26.9. The van der Waals surface area contributed by atoms with Crippen LogP contribution in [0.4, 0.5) is 0 Å². The van der Waals surface area contributed by atoms with Crippen molar-refractivity contribution in [3.8, 4) is 0 Å². The Bertz CT molecular complexity index is 1430. The Balaban J connectivity index is 4.12. The Kier molecular flexibility index (Phi) is 47.5. The van der Waals surface area contributed by atoms with Crippen molar-refractivity contribution >= 4 is 19.8 Å². The Hall–Kier alpha value is -3.33. The van der Waals surface area contributed by atoms with Gasteiger partial charge in [-0.05, 0) is 96.3 Å². The third-order valence-corrected chi connectivity index (χ3v) is 11.1. The number of allylic oxidation sites excluding steroid dienone is 18. The van der Waals surface area contributed by atoms with Crippen LogP contribution in [0.5, 0.6) is 0 Å². The van der Waals surface area contributed by atoms with E-state index in [1.54, 1.807) is 0 Å². The van der Waals surface area contributed by atoms with E-state index < -0.39 is 32.5 Å². The number of phosphoric acid groups is 1. The lowest BCUT2D eigenvalue weighted by atomic mass is 10.1. The van der Waals surface area contributed by atoms with Crippen molar-refractivity contribution in [2.45, 2.75) is 200 Å². The molecule has 0 amide bonds. The fraction of sp³-hybridized carbons (Fsp3) is 0.636. The summed E-state index contributed by atoms with van der Waals surface area (Å²) >= 11 is 0. The van der Waals surface area contributed by atoms with Crippen LogP contribution in [0.2, 0.25) is 0 Å². The van der Waals surface area contributed by atoms with Crippen molar-refractivity contribution in [2.24, 2.45) is 5.73 Å². The molecule has 0 bridgehead atoms. The number of carbonyl (C=O) groups is 2. The highest BCUT2D eigenvalue weighted by Gasteiger charge is 2.26. The van der Waals surface area contributed by atoms with Gasteiger partial charge in [-0.25, -0.2) is 4.57 Å². The standard InChI is InChI=1S/C55H92NO8P/c1-3-5-7-9-11-13-15-17-19-21-23-25-26-28-29-31-33-35-37-39-41-43-45-47-54(57)61-51-53(52-63-65(59,60)62-50-49-56)64-55(58)48-46-44-42-40-38-36-34-32-30-27-24-22-20-18-16-14-12-10-8-6-4-2/h5-8,11-14,17-20,23-25,27,32,34,53H,3-4,9-10,15-16,21-22,26,28-31,33,35-52,56H2,1-2H3,(H,59,60)/b7-5-,8-6-,13-11-,14-12-,19-17-,20-18-,25-23-,27-24-,34-32-. The normalized spacial score (nSPS) is 14.1. The van der Waals surface area contributed by atoms with Crippen LogP contribution in [-0.2, 0) is 32.7 Å². The molecule has 9 nitrogen and oxygen atoms in total. The topological polar surface area (TPSA) is 134 Å². The summed E-state index contributed by atoms with van der Waals surface area (Å²) < 4.78 is 32.9. The van der Waals surface area contributed by atoms with Crippen LogP contribution in [0.15, 0.2) is 109 Å². The molecule has 0 aliphatic carbocycles. The van der Waals surface area contributed by atoms with Gasteiger partial charge in [-0.2, -0.15) is 0 Å². The van der Waals surface area contributed by atoms with Crippen molar-refractivity contribution in [2.75, 3.05) is 26.4 Å². The first-order chi connectivity index (χ1) is 31.8. The molecule has 10 heteroatoms. The van der Waals surface area contributed by atoms with Gasteiger partial charge < -0.3 is 20.1 Å². The summed E-state index contributed by atoms with van der Waals surface area (Å²) in [6.45, 7) is 3.47. The van der Waals surface area contributed by atoms with Gasteiger partial charge in [0.05, 0.1) is 13.2 Å². The largest absolute Gasteiger partial charge is 0.472 e. The molecule has 0 saturated carbocycles. The molecule has 0 aromatic rings. The van der Waals surface area contributed by atoms with Gasteiger partial charge in [-0.1, -0.05) is 194 Å². The molecule has 0 aromatic heterocycles. The van der Waals surface area contributed by atoms with Crippen molar-refractivity contribution in [3.05, 3.63) is 109 Å². The highest BCUT2D eigenvalue weighted by atomic mass is 31.2. The summed E-state index contributed by atoms with van der Waals surface area (Å²) in [6, 6.07) is 0. The van der Waals surface area contributed by atoms with Crippen LogP contribution in [0.25, 0.3) is 0 Å². The van der Waals surface area contributed by atoms with Crippen molar-refractivity contribution in [1.82, 2.24) is 0 Å². The molecule has 2 atom stereocenters. The van der Waals surface area contributed by atoms with Crippen LogP contribution in [0, 0.1) is 0 Å². The number of phosphoric ester groups is 1. The Labute approximate surface area is 397 Å². The third-order valence-electron chi connectivity index (χ3n) is 10.2. The predicted molar refractivity (Wildman–Crippen MR) is 275 cm³/mol. The number of unbranched alkanes of at least 4 members (excludes halogenated alkanes) is 15. The summed E-state index contributed by atoms with van der Waals surface area (Å²) in [4.78, 5) is 35.1. The van der Waals surface area contributed by atoms with E-state index in [1.165, 1.54) is 38.5 Å². The molecular weight excluding hydrogens is 834 g/mol. The van der Waals surface area contributed by atoms with E-state index in [2.05, 4.69) is 123 Å². The second kappa shape index (κ2) is 50.1. The maximum atomic E-state index is 12.7. The number of hydrogen-bond donors (Lipinski definition) is 2. The molecule has 0 saturated heterocycles. The van der Waals surface area contributed by atoms with Gasteiger partial charge in [0.25, 0.3) is 0 Å². The quantitative estimate of drug-likeness (QED) is 0.0265. The second-order valence-electron chi connectivity index (χ2n) is 16.3. The Morgan fingerprint density at radius 2 is 0.800 bits per heavy atom. The maximum Gasteiger partial charge on any atom is 0.472 e. The molecular formula is C55H92NO8P. The minimum absolute atomic E-state index is 0.0432. The average Bonchev–Trinajstić information content (AvgIpc) is 3.30. The van der Waals surface area contributed by atoms with E-state index in [4.69, 9.17) is 24.3 Å². The molecule has 0 rings (SSSR count). The lowest BCUT2D eigenvalue weighted by molar-refractivity contribution is -0.161. The minimum Gasteiger partial charge on any atom is -0.462 e. The minimum atomic E-state index is -4.40. The summed E-state index contributed by atoms with van der Waals surface area (Å²) in [5, 5.41) is 0. The third kappa shape index (κ3) is 49.9. The molecule has 2 unspecified atom stereocenters. The second-order valence-corrected chi connectivity index (χ2v) is 17.7. The fourth-order valence-corrected chi connectivity index (χ4v) is 7.24. The van der Waals surface area contributed by atoms with E-state index in [9.17, 15) is 19.0 Å². The molecule has 0 spiro atoms. The summed E-state index contributed by atoms with van der Waals surface area (Å²) in [6.07, 6.45) is 66.9. The summed E-state index contributed by atoms with van der Waals surface area (Å²) in [7, 11) is -4.40. The average molecular weight is 926 g/mol. The summed E-state index contributed by atoms with van der Waals surface area (Å²) in [5.74, 6) is -0.863. The van der Waals surface area contributed by atoms with E-state index in [1.807, 2.05) is 0 Å². The van der Waals surface area contributed by atoms with Crippen LogP contribution in [0.3, 0.4) is 0 Å². The first kappa shape index (κ1) is 61.7. The SMILES string of the molecule is CC/C=C\C/C=C\C/C=C\C/C=C\C/C=C\CCCCCCCC(=O)OC(COC(=O)CCCCCCCCCCCC/C=C\C/C=C\C/C=C\C/C=C\CC)COP(=O)(O)OCCN. The monoisotopic (exact) mass is 926 g/mol. The number of ether oxygens (including phenoxy) is 2. The lowest BCUT2D eigenvalue weighted by Gasteiger charge is -2.19. The molecule has 370 valence electrons. The van der Waals surface area contributed by atoms with E-state index in [0.29, 0.717) is 6.42 Å². The zero-order valence-electron chi connectivity index (χ0n) is 40.9. The highest BCUT2D eigenvalue weighted by molar-refractivity contribution is 7.47. The van der Waals surface area contributed by atoms with Crippen LogP contribution >= 0.6 is 7.82 Å². The first-order valence-electron chi connectivity index (χ1n) is 25.4. The van der Waals surface area contributed by atoms with Crippen molar-refractivity contribution in [3.63, 3.8) is 0 Å². The molecule has 0 aromatic carbocycles. The molecule has 0 fully saturated rings. The van der Waals surface area contributed by atoms with E-state index >= 15 is 0 Å². The smallest absolute Gasteiger partial charge is 0.462 e. The Morgan fingerprint density at radius 1 is 0.462 bits per heavy atom. The lowest BCUT2D eigenvalue weighted by Crippen LogP contribution is -2.29. The van der Waals surface area contributed by atoms with Crippen LogP contribution < -0.4 is 5.73 Å². The van der Waals surface area contributed by atoms with Gasteiger partial charge in [-0.3, -0.25) is 18.6 Å². The van der Waals surface area contributed by atoms with E-state index in [0.717, 1.165) is 122 Å². The van der Waals surface area contributed by atoms with Crippen molar-refractivity contribution < 1.29 is 37.6 Å². The zero-order chi connectivity index (χ0) is 47.4. The number of esters is 2. The van der Waals surface area contributed by atoms with Gasteiger partial charge in [0.15, 0.2) is 6.10 Å². The predicted octanol–water partition coefficient (Wildman–Crippen LogP) is 15.5. The molecule has 0 aliphatic heterocycles. The Morgan fingerprint density at radius 3 is 1.18 bits per heavy atom. The number of rotatable bonds is 46. The number of hydrogen-bond acceptors (Lipinski definition) is 8. The van der Waals surface area contributed by atoms with Crippen LogP contribution in [0.1, 0.15) is 194 Å². The van der Waals surface area contributed by atoms with Gasteiger partial charge in [-0.15, -0.1) is 0 Å². The molecule has 0 heterocycles. The number of carbonyl (C=O) groups excluding carboxylic acids is 2. The summed E-state index contributed by atoms with van der Waals surface area (Å²) in [5.41, 5.74) is 5.37. The van der Waals surface area contributed by atoms with Gasteiger partial charge >= 0.3 is 19.8 Å². The molecule has 65 heavy (non-hydrogen) atoms. The maximum absolute atomic E-state index is 12.7. The number of nitrogens with two attached hydrogens (primary N) is 1.